The highest BCUT2D eigenvalue weighted by molar-refractivity contribution is 5.93. The van der Waals surface area contributed by atoms with Crippen molar-refractivity contribution in [3.05, 3.63) is 65.2 Å². The lowest BCUT2D eigenvalue weighted by molar-refractivity contribution is -0.131. The second kappa shape index (κ2) is 11.3. The lowest BCUT2D eigenvalue weighted by Crippen LogP contribution is -2.56. The van der Waals surface area contributed by atoms with Crippen LogP contribution in [0.5, 0.6) is 6.01 Å². The van der Waals surface area contributed by atoms with Crippen molar-refractivity contribution in [3.8, 4) is 17.3 Å². The van der Waals surface area contributed by atoms with Crippen molar-refractivity contribution in [2.75, 3.05) is 57.3 Å². The number of anilines is 1. The molecule has 2 saturated carbocycles. The van der Waals surface area contributed by atoms with Gasteiger partial charge < -0.3 is 24.3 Å². The summed E-state index contributed by atoms with van der Waals surface area (Å²) in [4.78, 5) is 35.9. The number of likely N-dealkylation sites (tertiary alicyclic amines) is 1. The fourth-order valence-electron chi connectivity index (χ4n) is 7.95. The van der Waals surface area contributed by atoms with Gasteiger partial charge in [0.15, 0.2) is 11.6 Å². The molecule has 4 heterocycles. The average molecular weight is 626 g/mol. The summed E-state index contributed by atoms with van der Waals surface area (Å²) < 4.78 is 36.9. The minimum Gasteiger partial charge on any atom is -0.463 e. The van der Waals surface area contributed by atoms with Crippen LogP contribution in [0.1, 0.15) is 49.1 Å². The Kier molecular flexibility index (Phi) is 7.16. The molecular formula is C35H37F2N7O2. The zero-order chi connectivity index (χ0) is 31.6. The summed E-state index contributed by atoms with van der Waals surface area (Å²) in [6.45, 7) is 14.9. The van der Waals surface area contributed by atoms with Crippen molar-refractivity contribution in [1.82, 2.24) is 24.8 Å². The van der Waals surface area contributed by atoms with Crippen LogP contribution in [0, 0.1) is 23.7 Å². The zero-order valence-electron chi connectivity index (χ0n) is 25.9. The van der Waals surface area contributed by atoms with E-state index in [-0.39, 0.29) is 42.3 Å². The molecule has 0 spiro atoms. The summed E-state index contributed by atoms with van der Waals surface area (Å²) in [5.74, 6) is -0.841. The zero-order valence-corrected chi connectivity index (χ0v) is 25.9. The number of benzene rings is 1. The predicted octanol–water partition coefficient (Wildman–Crippen LogP) is 5.16. The van der Waals surface area contributed by atoms with Gasteiger partial charge in [-0.2, -0.15) is 9.97 Å². The van der Waals surface area contributed by atoms with Gasteiger partial charge in [0.1, 0.15) is 23.1 Å². The first-order chi connectivity index (χ1) is 22.3. The predicted molar refractivity (Wildman–Crippen MR) is 170 cm³/mol. The maximum Gasteiger partial charge on any atom is 0.319 e. The summed E-state index contributed by atoms with van der Waals surface area (Å²) in [7, 11) is 0. The maximum absolute atomic E-state index is 16.7. The molecule has 2 aliphatic heterocycles. The molecule has 2 saturated heterocycles. The largest absolute Gasteiger partial charge is 0.463 e. The number of rotatable bonds is 9. The molecule has 5 aliphatic rings. The summed E-state index contributed by atoms with van der Waals surface area (Å²) in [6, 6.07) is 5.57. The van der Waals surface area contributed by atoms with E-state index in [1.807, 2.05) is 17.0 Å². The molecule has 1 aromatic carbocycles. The molecule has 0 radical (unpaired) electrons. The standard InChI is InChI=1S/C35H37F2N7O2/c1-21(36)33(45)44-13-12-43(18-24(44)16-38-2)32-27-17-39-30(25-7-5-6-22-14-23-15-26(23)28(22)25)29(37)31(27)40-34(41-32)46-20-35(8-9-35)19-42-10-3-4-11-42/h5-7,17,23-24,26H,1,3-4,8-16,18-20H2/t23-,24-,26+/m0/s1. The van der Waals surface area contributed by atoms with Crippen molar-refractivity contribution >= 4 is 22.6 Å². The summed E-state index contributed by atoms with van der Waals surface area (Å²) in [6.07, 6.45) is 8.39. The van der Waals surface area contributed by atoms with Gasteiger partial charge in [-0.15, -0.1) is 0 Å². The van der Waals surface area contributed by atoms with E-state index >= 15 is 4.39 Å². The number of piperazine rings is 1. The van der Waals surface area contributed by atoms with Gasteiger partial charge in [-0.1, -0.05) is 24.8 Å². The smallest absolute Gasteiger partial charge is 0.319 e. The van der Waals surface area contributed by atoms with Gasteiger partial charge in [-0.05, 0) is 74.6 Å². The normalized spacial score (nSPS) is 24.4. The number of carbonyl (C=O) groups is 1. The SMILES string of the molecule is [C-]#[N+]C[C@H]1CN(c2nc(OCC3(CN4CCCC4)CC3)nc3c(F)c(-c4cccc5c4[C@@H]4C[C@@H]4C5)ncc23)CCN1C(=O)C(=C)F. The molecular weight excluding hydrogens is 588 g/mol. The molecule has 0 unspecified atom stereocenters. The van der Waals surface area contributed by atoms with E-state index in [2.05, 4.69) is 32.4 Å². The average Bonchev–Trinajstić information content (AvgIpc) is 3.90. The first-order valence-corrected chi connectivity index (χ1v) is 16.4. The number of aromatic nitrogens is 3. The van der Waals surface area contributed by atoms with Crippen molar-refractivity contribution in [2.45, 2.75) is 50.5 Å². The van der Waals surface area contributed by atoms with Crippen LogP contribution in [0.2, 0.25) is 0 Å². The molecule has 2 aromatic heterocycles. The third-order valence-electron chi connectivity index (χ3n) is 10.7. The molecule has 3 aromatic rings. The number of amides is 1. The molecule has 3 atom stereocenters. The van der Waals surface area contributed by atoms with E-state index in [0.717, 1.165) is 50.9 Å². The third kappa shape index (κ3) is 5.16. The quantitative estimate of drug-likeness (QED) is 0.240. The molecule has 4 fully saturated rings. The summed E-state index contributed by atoms with van der Waals surface area (Å²) in [5, 5.41) is 0.430. The molecule has 238 valence electrons. The Bertz CT molecular complexity index is 1780. The maximum atomic E-state index is 16.7. The number of nitrogens with zero attached hydrogens (tertiary/aromatic N) is 7. The highest BCUT2D eigenvalue weighted by atomic mass is 19.1. The topological polar surface area (TPSA) is 79.1 Å². The van der Waals surface area contributed by atoms with Crippen molar-refractivity contribution in [3.63, 3.8) is 0 Å². The van der Waals surface area contributed by atoms with Crippen LogP contribution in [-0.2, 0) is 11.2 Å². The number of pyridine rings is 1. The number of fused-ring (bicyclic) bond motifs is 4. The van der Waals surface area contributed by atoms with Gasteiger partial charge >= 0.3 is 6.01 Å². The Morgan fingerprint density at radius 3 is 2.76 bits per heavy atom. The van der Waals surface area contributed by atoms with Gasteiger partial charge in [-0.3, -0.25) is 9.78 Å². The highest BCUT2D eigenvalue weighted by Crippen LogP contribution is 2.58. The van der Waals surface area contributed by atoms with Crippen LogP contribution in [0.15, 0.2) is 36.8 Å². The third-order valence-corrected chi connectivity index (χ3v) is 10.7. The van der Waals surface area contributed by atoms with Gasteiger partial charge in [0, 0.05) is 43.4 Å². The monoisotopic (exact) mass is 625 g/mol. The number of ether oxygens (including phenoxy) is 1. The fraction of sp³-hybridized carbons (Fsp3) is 0.514. The Labute approximate surface area is 267 Å². The van der Waals surface area contributed by atoms with Crippen LogP contribution >= 0.6 is 0 Å². The van der Waals surface area contributed by atoms with E-state index in [1.54, 1.807) is 6.20 Å². The van der Waals surface area contributed by atoms with Crippen LogP contribution in [0.25, 0.3) is 27.0 Å². The number of hydrogen-bond donors (Lipinski definition) is 0. The van der Waals surface area contributed by atoms with Crippen molar-refractivity contribution in [1.29, 1.82) is 0 Å². The number of hydrogen-bond acceptors (Lipinski definition) is 7. The van der Waals surface area contributed by atoms with Gasteiger partial charge in [-0.25, -0.2) is 15.4 Å². The van der Waals surface area contributed by atoms with Gasteiger partial charge in [0.2, 0.25) is 6.54 Å². The molecule has 46 heavy (non-hydrogen) atoms. The minimum absolute atomic E-state index is 0.0149. The Morgan fingerprint density at radius 2 is 2.00 bits per heavy atom. The van der Waals surface area contributed by atoms with E-state index in [1.165, 1.54) is 28.9 Å². The molecule has 11 heteroatoms. The number of carbonyl (C=O) groups excluding carboxylic acids is 1. The lowest BCUT2D eigenvalue weighted by atomic mass is 9.96. The second-order valence-corrected chi connectivity index (χ2v) is 13.8. The molecule has 8 rings (SSSR count). The highest BCUT2D eigenvalue weighted by Gasteiger charge is 2.47. The van der Waals surface area contributed by atoms with Crippen molar-refractivity contribution in [2.24, 2.45) is 11.3 Å². The number of halogens is 2. The Balaban J connectivity index is 1.17. The molecule has 0 N–H and O–H groups in total. The first kappa shape index (κ1) is 29.2. The summed E-state index contributed by atoms with van der Waals surface area (Å²) >= 11 is 0. The van der Waals surface area contributed by atoms with E-state index in [4.69, 9.17) is 16.3 Å². The Morgan fingerprint density at radius 1 is 1.17 bits per heavy atom. The molecule has 1 amide bonds. The van der Waals surface area contributed by atoms with Crippen molar-refractivity contribution < 1.29 is 18.3 Å². The minimum atomic E-state index is -1.06. The van der Waals surface area contributed by atoms with E-state index in [9.17, 15) is 9.18 Å². The second-order valence-electron chi connectivity index (χ2n) is 13.8. The lowest BCUT2D eigenvalue weighted by Gasteiger charge is -2.39. The fourth-order valence-corrected chi connectivity index (χ4v) is 7.95. The summed E-state index contributed by atoms with van der Waals surface area (Å²) in [5.41, 5.74) is 3.77. The molecule has 9 nitrogen and oxygen atoms in total. The molecule has 3 aliphatic carbocycles. The van der Waals surface area contributed by atoms with Crippen LogP contribution in [0.3, 0.4) is 0 Å². The van der Waals surface area contributed by atoms with Crippen LogP contribution < -0.4 is 9.64 Å². The van der Waals surface area contributed by atoms with Crippen LogP contribution in [-0.4, -0.2) is 89.1 Å². The van der Waals surface area contributed by atoms with Crippen LogP contribution in [0.4, 0.5) is 14.6 Å². The van der Waals surface area contributed by atoms with E-state index < -0.39 is 23.6 Å². The Hall–Kier alpha value is -4.17. The molecule has 0 bridgehead atoms. The van der Waals surface area contributed by atoms with E-state index in [0.29, 0.717) is 36.2 Å². The van der Waals surface area contributed by atoms with Gasteiger partial charge in [0.25, 0.3) is 5.91 Å². The van der Waals surface area contributed by atoms with Gasteiger partial charge in [0.05, 0.1) is 12.0 Å². The first-order valence-electron chi connectivity index (χ1n) is 16.4.